The van der Waals surface area contributed by atoms with Gasteiger partial charge in [0, 0.05) is 13.0 Å². The van der Waals surface area contributed by atoms with Crippen molar-refractivity contribution in [2.75, 3.05) is 6.61 Å². The van der Waals surface area contributed by atoms with Crippen molar-refractivity contribution in [3.8, 4) is 0 Å². The molecule has 0 saturated carbocycles. The Hall–Kier alpha value is -1.66. The van der Waals surface area contributed by atoms with Crippen LogP contribution in [0.1, 0.15) is 26.2 Å². The Morgan fingerprint density at radius 1 is 0.955 bits per heavy atom. The summed E-state index contributed by atoms with van der Waals surface area (Å²) < 4.78 is 8.18. The highest BCUT2D eigenvalue weighted by Gasteiger charge is 2.01. The van der Waals surface area contributed by atoms with Crippen molar-refractivity contribution in [2.45, 2.75) is 45.4 Å². The first-order valence-corrected chi connectivity index (χ1v) is 7.82. The Balaban J connectivity index is 0.000000220. The van der Waals surface area contributed by atoms with E-state index in [4.69, 9.17) is 10.2 Å². The number of aliphatic hydroxyl groups is 2. The number of rotatable bonds is 7. The third kappa shape index (κ3) is 7.95. The Kier molecular flexibility index (Phi) is 8.47. The average molecular weight is 310 g/mol. The van der Waals surface area contributed by atoms with Crippen LogP contribution < -0.4 is 9.13 Å². The zero-order chi connectivity index (χ0) is 16.4. The van der Waals surface area contributed by atoms with E-state index in [1.807, 2.05) is 67.6 Å². The fraction of sp³-hybridized carbons (Fsp3) is 0.625. The van der Waals surface area contributed by atoms with Crippen LogP contribution >= 0.6 is 0 Å². The van der Waals surface area contributed by atoms with E-state index in [1.165, 1.54) is 0 Å². The van der Waals surface area contributed by atoms with E-state index in [-0.39, 0.29) is 6.10 Å². The largest absolute Gasteiger partial charge is 0.396 e. The topological polar surface area (TPSA) is 58.1 Å². The first-order valence-electron chi connectivity index (χ1n) is 7.82. The normalized spacial score (nSPS) is 11.9. The van der Waals surface area contributed by atoms with Crippen LogP contribution in [0.15, 0.2) is 37.4 Å². The van der Waals surface area contributed by atoms with Crippen molar-refractivity contribution in [1.29, 1.82) is 0 Å². The summed E-state index contributed by atoms with van der Waals surface area (Å²) in [7, 11) is 3.99. The molecule has 0 saturated heterocycles. The minimum Gasteiger partial charge on any atom is -0.396 e. The second-order valence-electron chi connectivity index (χ2n) is 5.70. The molecule has 0 radical (unpaired) electrons. The molecule has 1 atom stereocenters. The van der Waals surface area contributed by atoms with Gasteiger partial charge in [0.15, 0.2) is 0 Å². The summed E-state index contributed by atoms with van der Waals surface area (Å²) in [6.07, 6.45) is 14.6. The summed E-state index contributed by atoms with van der Waals surface area (Å²) in [4.78, 5) is 0. The van der Waals surface area contributed by atoms with Crippen LogP contribution in [0, 0.1) is 0 Å². The van der Waals surface area contributed by atoms with Gasteiger partial charge in [0.2, 0.25) is 12.7 Å². The predicted molar refractivity (Wildman–Crippen MR) is 83.8 cm³/mol. The number of aryl methyl sites for hydroxylation is 4. The number of aliphatic hydroxyl groups excluding tert-OH is 2. The van der Waals surface area contributed by atoms with Gasteiger partial charge in [-0.3, -0.25) is 0 Å². The van der Waals surface area contributed by atoms with E-state index in [0.29, 0.717) is 6.61 Å². The van der Waals surface area contributed by atoms with Gasteiger partial charge in [-0.2, -0.15) is 0 Å². The number of hydrogen-bond donors (Lipinski definition) is 2. The van der Waals surface area contributed by atoms with E-state index in [2.05, 4.69) is 9.13 Å². The predicted octanol–water partition coefficient (Wildman–Crippen LogP) is 0.169. The third-order valence-corrected chi connectivity index (χ3v) is 3.28. The van der Waals surface area contributed by atoms with Crippen molar-refractivity contribution in [3.63, 3.8) is 0 Å². The first-order chi connectivity index (χ1) is 10.5. The van der Waals surface area contributed by atoms with Gasteiger partial charge in [0.25, 0.3) is 0 Å². The number of nitrogens with zero attached hydrogens (tertiary/aromatic N) is 4. The van der Waals surface area contributed by atoms with Gasteiger partial charge in [-0.25, -0.2) is 18.3 Å². The molecule has 2 aromatic heterocycles. The zero-order valence-electron chi connectivity index (χ0n) is 14.0. The van der Waals surface area contributed by atoms with Crippen molar-refractivity contribution in [3.05, 3.63) is 37.4 Å². The first kappa shape index (κ1) is 18.4. The molecule has 0 spiro atoms. The lowest BCUT2D eigenvalue weighted by atomic mass is 10.3. The Morgan fingerprint density at radius 3 is 1.91 bits per heavy atom. The molecule has 124 valence electrons. The Bertz CT molecular complexity index is 520. The smallest absolute Gasteiger partial charge is 0.243 e. The number of imidazole rings is 2. The highest BCUT2D eigenvalue weighted by Crippen LogP contribution is 1.94. The molecule has 0 fully saturated rings. The van der Waals surface area contributed by atoms with Crippen molar-refractivity contribution >= 4 is 0 Å². The molecule has 2 heterocycles. The van der Waals surface area contributed by atoms with E-state index in [1.54, 1.807) is 0 Å². The standard InChI is InChI=1S/2C8H15N2O/c1-8(11)3-4-10-6-5-9(2)7-10;1-9-5-6-10(8-9)4-2-3-7-11/h5-8,11H,3-4H2,1-2H3;5-6,8,11H,2-4,7H2,1H3/q2*+1. The Morgan fingerprint density at radius 2 is 1.50 bits per heavy atom. The maximum Gasteiger partial charge on any atom is 0.243 e. The quantitative estimate of drug-likeness (QED) is 0.566. The minimum atomic E-state index is -0.206. The van der Waals surface area contributed by atoms with Gasteiger partial charge in [-0.05, 0) is 19.8 Å². The van der Waals surface area contributed by atoms with Gasteiger partial charge < -0.3 is 10.2 Å². The molecule has 1 unspecified atom stereocenters. The molecule has 0 aliphatic carbocycles. The second-order valence-corrected chi connectivity index (χ2v) is 5.70. The van der Waals surface area contributed by atoms with Crippen LogP contribution in [0.4, 0.5) is 0 Å². The van der Waals surface area contributed by atoms with Crippen LogP contribution in [0.3, 0.4) is 0 Å². The van der Waals surface area contributed by atoms with Gasteiger partial charge >= 0.3 is 0 Å². The lowest BCUT2D eigenvalue weighted by molar-refractivity contribution is -0.671. The van der Waals surface area contributed by atoms with E-state index >= 15 is 0 Å². The molecule has 0 aromatic carbocycles. The van der Waals surface area contributed by atoms with Gasteiger partial charge in [-0.1, -0.05) is 0 Å². The summed E-state index contributed by atoms with van der Waals surface area (Å²) >= 11 is 0. The van der Waals surface area contributed by atoms with Crippen molar-refractivity contribution < 1.29 is 19.3 Å². The van der Waals surface area contributed by atoms with Crippen LogP contribution in [0.5, 0.6) is 0 Å². The van der Waals surface area contributed by atoms with Crippen LogP contribution in [-0.2, 0) is 27.2 Å². The van der Waals surface area contributed by atoms with Crippen LogP contribution in [0.2, 0.25) is 0 Å². The van der Waals surface area contributed by atoms with Crippen molar-refractivity contribution in [2.24, 2.45) is 14.1 Å². The van der Waals surface area contributed by atoms with Crippen molar-refractivity contribution in [1.82, 2.24) is 9.13 Å². The molecular weight excluding hydrogens is 280 g/mol. The van der Waals surface area contributed by atoms with E-state index < -0.39 is 0 Å². The molecule has 6 nitrogen and oxygen atoms in total. The van der Waals surface area contributed by atoms with Crippen LogP contribution in [0.25, 0.3) is 0 Å². The number of unbranched alkanes of at least 4 members (excludes halogenated alkanes) is 1. The zero-order valence-corrected chi connectivity index (χ0v) is 14.0. The summed E-state index contributed by atoms with van der Waals surface area (Å²) in [6.45, 7) is 4.00. The highest BCUT2D eigenvalue weighted by molar-refractivity contribution is 4.66. The fourth-order valence-corrected chi connectivity index (χ4v) is 2.01. The van der Waals surface area contributed by atoms with Gasteiger partial charge in [0.05, 0.1) is 33.3 Å². The number of aromatic nitrogens is 4. The maximum atomic E-state index is 9.00. The molecule has 6 heteroatoms. The second kappa shape index (κ2) is 10.1. The van der Waals surface area contributed by atoms with Gasteiger partial charge in [-0.15, -0.1) is 0 Å². The maximum absolute atomic E-state index is 9.00. The summed E-state index contributed by atoms with van der Waals surface area (Å²) in [5.74, 6) is 0. The summed E-state index contributed by atoms with van der Waals surface area (Å²) in [5, 5.41) is 17.5. The fourth-order valence-electron chi connectivity index (χ4n) is 2.01. The molecule has 0 bridgehead atoms. The molecule has 0 aliphatic rings. The minimum absolute atomic E-state index is 0.206. The van der Waals surface area contributed by atoms with E-state index in [0.717, 1.165) is 32.4 Å². The molecule has 2 aromatic rings. The number of hydrogen-bond acceptors (Lipinski definition) is 2. The SMILES string of the molecule is CC(O)CCn1cc[n+](C)c1.C[n+]1ccn(CCCCO)c1. The molecule has 2 N–H and O–H groups in total. The molecule has 0 aliphatic heterocycles. The average Bonchev–Trinajstić information content (AvgIpc) is 3.06. The Labute approximate surface area is 132 Å². The lowest BCUT2D eigenvalue weighted by Gasteiger charge is -1.99. The molecule has 22 heavy (non-hydrogen) atoms. The van der Waals surface area contributed by atoms with Gasteiger partial charge in [0.1, 0.15) is 24.8 Å². The van der Waals surface area contributed by atoms with E-state index in [9.17, 15) is 0 Å². The molecule has 2 rings (SSSR count). The highest BCUT2D eigenvalue weighted by atomic mass is 16.3. The van der Waals surface area contributed by atoms with Crippen LogP contribution in [-0.4, -0.2) is 32.1 Å². The third-order valence-electron chi connectivity index (χ3n) is 3.28. The monoisotopic (exact) mass is 310 g/mol. The lowest BCUT2D eigenvalue weighted by Crippen LogP contribution is -2.23. The molecular formula is C16H30N4O2+2. The summed E-state index contributed by atoms with van der Waals surface area (Å²) in [5.41, 5.74) is 0. The molecule has 0 amide bonds. The summed E-state index contributed by atoms with van der Waals surface area (Å²) in [6, 6.07) is 0.